The third-order valence-corrected chi connectivity index (χ3v) is 20.3. The Morgan fingerprint density at radius 2 is 0.622 bits per heavy atom. The van der Waals surface area contributed by atoms with E-state index in [1.54, 1.807) is 176 Å². The molecule has 0 bridgehead atoms. The Bertz CT molecular complexity index is 6210. The molecule has 0 fully saturated rings. The second kappa shape index (κ2) is 45.7. The van der Waals surface area contributed by atoms with E-state index >= 15 is 0 Å². The maximum atomic E-state index is 14.3. The van der Waals surface area contributed by atoms with Crippen molar-refractivity contribution < 1.29 is 37.1 Å². The van der Waals surface area contributed by atoms with Crippen molar-refractivity contribution in [3.63, 3.8) is 0 Å². The van der Waals surface area contributed by atoms with Crippen molar-refractivity contribution >= 4 is 85.8 Å². The summed E-state index contributed by atoms with van der Waals surface area (Å²) in [5.74, 6) is 3.98. The fourth-order valence-electron chi connectivity index (χ4n) is 13.6. The molecular weight excluding hydrogens is 1590 g/mol. The van der Waals surface area contributed by atoms with Gasteiger partial charge in [0.05, 0.1) is 95.1 Å². The summed E-state index contributed by atoms with van der Waals surface area (Å²) in [6, 6.07) is 72.8. The molecule has 634 valence electrons. The molecule has 0 saturated carbocycles. The molecule has 0 radical (unpaired) electrons. The quantitative estimate of drug-likeness (QED) is 0.0345. The fourth-order valence-corrected chi connectivity index (χ4v) is 13.6. The van der Waals surface area contributed by atoms with Gasteiger partial charge >= 0.3 is 0 Å². The summed E-state index contributed by atoms with van der Waals surface area (Å²) in [5.41, 5.74) is 18.8. The van der Waals surface area contributed by atoms with Gasteiger partial charge in [-0.25, -0.2) is 43.1 Å². The van der Waals surface area contributed by atoms with Crippen LogP contribution in [0.3, 0.4) is 0 Å². The summed E-state index contributed by atoms with van der Waals surface area (Å²) in [4.78, 5) is 108. The van der Waals surface area contributed by atoms with Crippen LogP contribution >= 0.6 is 0 Å². The molecular formula is C105H93F3N14O5. The minimum absolute atomic E-state index is 0.00644. The first-order valence-corrected chi connectivity index (χ1v) is 40.8. The third kappa shape index (κ3) is 26.2. The van der Waals surface area contributed by atoms with E-state index in [0.717, 1.165) is 80.5 Å². The molecule has 19 nitrogen and oxygen atoms in total. The van der Waals surface area contributed by atoms with Crippen molar-refractivity contribution in [1.29, 1.82) is 0 Å². The van der Waals surface area contributed by atoms with Gasteiger partial charge in [0.25, 0.3) is 0 Å². The van der Waals surface area contributed by atoms with Crippen molar-refractivity contribution in [3.05, 3.63) is 425 Å². The lowest BCUT2D eigenvalue weighted by Gasteiger charge is -2.23. The lowest BCUT2D eigenvalue weighted by molar-refractivity contribution is 0.0981. The molecule has 0 N–H and O–H groups in total. The summed E-state index contributed by atoms with van der Waals surface area (Å²) in [5, 5.41) is 0. The molecule has 6 heterocycles. The van der Waals surface area contributed by atoms with E-state index in [-0.39, 0.29) is 65.6 Å². The number of hydrogen-bond donors (Lipinski definition) is 0. The van der Waals surface area contributed by atoms with Gasteiger partial charge in [-0.1, -0.05) is 132 Å². The van der Waals surface area contributed by atoms with Crippen LogP contribution in [0.4, 0.5) is 70.0 Å². The predicted octanol–water partition coefficient (Wildman–Crippen LogP) is 21.0. The summed E-state index contributed by atoms with van der Waals surface area (Å²) in [6.07, 6.45) is 33.1. The highest BCUT2D eigenvalue weighted by Crippen LogP contribution is 2.33. The Balaban J connectivity index is 0.000000154. The van der Waals surface area contributed by atoms with Crippen molar-refractivity contribution in [2.75, 3.05) is 58.7 Å². The Labute approximate surface area is 738 Å². The topological polar surface area (TPSA) is 218 Å². The number of aromatic nitrogens is 9. The Kier molecular flexibility index (Phi) is 33.0. The van der Waals surface area contributed by atoms with Crippen LogP contribution in [0, 0.1) is 62.9 Å². The molecule has 9 aromatic carbocycles. The molecule has 0 saturated heterocycles. The maximum absolute atomic E-state index is 14.3. The smallest absolute Gasteiger partial charge is 0.185 e. The molecule has 0 atom stereocenters. The SMILES string of the molecule is C#Cc1cccc(C(=O)Cc2ccc(F)c(N(C)c3cncnc3)c2)c1.C#Cc1cccc(C(=O)Cc2cccc(N(CC)c3cccnc3)c2)c1.CCN(c1cccnc1)c1cccc(CC(=O)c2cccc(C)c2)c1.Cc1cccc(C(=O)Cc2ccc(F)c(N(C)c3cncnc3)c2)c1.Cc1cccc(C(=O)Cc2ccc(F)c(N(C)c3cncnc3)c2)n1. The van der Waals surface area contributed by atoms with E-state index in [4.69, 9.17) is 12.8 Å². The molecule has 0 unspecified atom stereocenters. The second-order valence-corrected chi connectivity index (χ2v) is 29.4. The van der Waals surface area contributed by atoms with Crippen LogP contribution in [0.1, 0.15) is 122 Å². The van der Waals surface area contributed by atoms with E-state index < -0.39 is 0 Å². The minimum atomic E-state index is -0.387. The van der Waals surface area contributed by atoms with Gasteiger partial charge in [-0.3, -0.25) is 38.9 Å². The van der Waals surface area contributed by atoms with E-state index in [0.29, 0.717) is 86.0 Å². The first kappa shape index (κ1) is 91.7. The van der Waals surface area contributed by atoms with E-state index in [2.05, 4.69) is 98.5 Å². The molecule has 15 aromatic rings. The Morgan fingerprint density at radius 3 is 0.945 bits per heavy atom. The van der Waals surface area contributed by atoms with Crippen LogP contribution < -0.4 is 24.5 Å². The number of halogens is 3. The van der Waals surface area contributed by atoms with Crippen molar-refractivity contribution in [3.8, 4) is 24.7 Å². The number of carbonyl (C=O) groups is 5. The fraction of sp³-hybridized carbons (Fsp3) is 0.143. The number of rotatable bonds is 27. The summed E-state index contributed by atoms with van der Waals surface area (Å²) >= 11 is 0. The van der Waals surface area contributed by atoms with Crippen molar-refractivity contribution in [1.82, 2.24) is 44.9 Å². The lowest BCUT2D eigenvalue weighted by Crippen LogP contribution is -2.16. The number of benzene rings is 9. The number of pyridine rings is 3. The van der Waals surface area contributed by atoms with Gasteiger partial charge < -0.3 is 24.5 Å². The molecule has 0 amide bonds. The van der Waals surface area contributed by atoms with Gasteiger partial charge in [0, 0.05) is 129 Å². The van der Waals surface area contributed by atoms with Crippen LogP contribution in [0.2, 0.25) is 0 Å². The highest BCUT2D eigenvalue weighted by molar-refractivity contribution is 6.00. The molecule has 0 aliphatic rings. The first-order chi connectivity index (χ1) is 61.5. The first-order valence-electron chi connectivity index (χ1n) is 40.8. The van der Waals surface area contributed by atoms with Gasteiger partial charge in [0.1, 0.15) is 42.1 Å². The minimum Gasteiger partial charge on any atom is -0.341 e. The van der Waals surface area contributed by atoms with E-state index in [1.165, 1.54) is 37.2 Å². The van der Waals surface area contributed by atoms with Gasteiger partial charge in [-0.05, 0) is 196 Å². The third-order valence-electron chi connectivity index (χ3n) is 20.3. The number of aryl methyl sites for hydroxylation is 3. The van der Waals surface area contributed by atoms with Crippen LogP contribution in [0.5, 0.6) is 0 Å². The van der Waals surface area contributed by atoms with Gasteiger partial charge in [-0.15, -0.1) is 12.8 Å². The summed E-state index contributed by atoms with van der Waals surface area (Å²) in [6.45, 7) is 11.6. The standard InChI is InChI=1S/C23H20N2O.C22H22N2O.C21H16FN3O.C20H18FN3O.C19H17FN4O/c1-3-18-8-5-10-20(14-18)23(26)16-19-9-6-11-21(15-19)25(4-2)22-12-7-13-24-17-22;1-3-24(21-11-6-12-23-16-21)20-10-5-8-18(14-20)15-22(25)19-9-4-7-17(2)13-19;1-3-15-5-4-6-17(9-15)21(26)11-16-7-8-19(22)20(10-16)25(2)18-12-23-14-24-13-18;1-14-4-3-5-16(8-14)20(25)10-15-6-7-18(21)19(9-15)24(2)17-11-22-13-23-12-17;1-13-4-3-5-17(23-13)19(25)9-14-6-7-16(20)18(8-14)24(2)15-10-21-12-22-11-15/h1,5-15,17H,4,16H2,2H3;4-14,16H,3,15H2,1-2H3;1,4-10,12-14H,11H2,2H3;3-9,11-13H,10H2,1-2H3;3-8,10-12H,9H2,1-2H3. The molecule has 127 heavy (non-hydrogen) atoms. The Hall–Kier alpha value is -16.1. The monoisotopic (exact) mass is 1690 g/mol. The number of ketones is 5. The average molecular weight is 1690 g/mol. The predicted molar refractivity (Wildman–Crippen MR) is 496 cm³/mol. The van der Waals surface area contributed by atoms with Crippen molar-refractivity contribution in [2.45, 2.75) is 66.7 Å². The molecule has 15 rings (SSSR count). The van der Waals surface area contributed by atoms with Crippen LogP contribution in [-0.4, -0.2) is 108 Å². The number of nitrogens with zero attached hydrogens (tertiary/aromatic N) is 14. The maximum Gasteiger partial charge on any atom is 0.185 e. The zero-order valence-electron chi connectivity index (χ0n) is 71.6. The number of anilines is 10. The lowest BCUT2D eigenvalue weighted by atomic mass is 10.0. The van der Waals surface area contributed by atoms with Gasteiger partial charge in [0.15, 0.2) is 28.9 Å². The van der Waals surface area contributed by atoms with Gasteiger partial charge in [-0.2, -0.15) is 0 Å². The van der Waals surface area contributed by atoms with Crippen molar-refractivity contribution in [2.24, 2.45) is 0 Å². The number of Topliss-reactive ketones (excluding diaryl/α,β-unsaturated/α-hetero) is 5. The zero-order valence-corrected chi connectivity index (χ0v) is 71.6. The summed E-state index contributed by atoms with van der Waals surface area (Å²) in [7, 11) is 5.19. The molecule has 6 aromatic heterocycles. The zero-order chi connectivity index (χ0) is 90.1. The van der Waals surface area contributed by atoms with Gasteiger partial charge in [0.2, 0.25) is 0 Å². The van der Waals surface area contributed by atoms with E-state index in [1.807, 2.05) is 148 Å². The van der Waals surface area contributed by atoms with Crippen LogP contribution in [0.15, 0.2) is 324 Å². The molecule has 0 aliphatic heterocycles. The second-order valence-electron chi connectivity index (χ2n) is 29.4. The molecule has 0 spiro atoms. The van der Waals surface area contributed by atoms with Crippen LogP contribution in [-0.2, 0) is 32.1 Å². The Morgan fingerprint density at radius 1 is 0.315 bits per heavy atom. The van der Waals surface area contributed by atoms with E-state index in [9.17, 15) is 37.1 Å². The number of carbonyl (C=O) groups excluding carboxylic acids is 5. The number of terminal acetylenes is 2. The van der Waals surface area contributed by atoms with Crippen LogP contribution in [0.25, 0.3) is 0 Å². The largest absolute Gasteiger partial charge is 0.341 e. The summed E-state index contributed by atoms with van der Waals surface area (Å²) < 4.78 is 42.8. The normalized spacial score (nSPS) is 10.4. The average Bonchev–Trinajstić information content (AvgIpc) is 0.816. The highest BCUT2D eigenvalue weighted by atomic mass is 19.1. The highest BCUT2D eigenvalue weighted by Gasteiger charge is 2.21. The molecule has 22 heteroatoms. The molecule has 0 aliphatic carbocycles. The number of hydrogen-bond acceptors (Lipinski definition) is 19.